The number of carboxylic acid groups (broad SMARTS) is 1. The highest BCUT2D eigenvalue weighted by molar-refractivity contribution is 8.26. The van der Waals surface area contributed by atoms with E-state index < -0.39 is 18.4 Å². The van der Waals surface area contributed by atoms with Crippen LogP contribution in [0.25, 0.3) is 6.08 Å². The van der Waals surface area contributed by atoms with Crippen LogP contribution in [-0.4, -0.2) is 27.6 Å². The molecule has 126 valence electrons. The Morgan fingerprint density at radius 3 is 2.60 bits per heavy atom. The van der Waals surface area contributed by atoms with Gasteiger partial charge in [0.2, 0.25) is 0 Å². The molecule has 1 saturated heterocycles. The number of rotatable bonds is 5. The van der Waals surface area contributed by atoms with Gasteiger partial charge >= 0.3 is 0 Å². The molecule has 0 bridgehead atoms. The third-order valence-electron chi connectivity index (χ3n) is 3.30. The summed E-state index contributed by atoms with van der Waals surface area (Å²) in [6.07, 6.45) is 1.66. The normalized spacial score (nSPS) is 15.7. The molecule has 0 atom stereocenters. The van der Waals surface area contributed by atoms with Gasteiger partial charge in [0.05, 0.1) is 17.4 Å². The zero-order chi connectivity index (χ0) is 17.8. The standard InChI is InChI=1S/C18H13NO4S2/c20-16(21)11-19-17(22)15(25-18(19)24)10-12-5-4-8-14(9-12)23-13-6-2-1-3-7-13/h1-10H,11H2,(H,20,21)/p-1/b15-10+. The van der Waals surface area contributed by atoms with Crippen molar-refractivity contribution in [3.05, 3.63) is 65.1 Å². The van der Waals surface area contributed by atoms with Gasteiger partial charge in [-0.05, 0) is 35.9 Å². The molecule has 2 aromatic rings. The molecule has 0 radical (unpaired) electrons. The van der Waals surface area contributed by atoms with Crippen LogP contribution in [0.4, 0.5) is 0 Å². The van der Waals surface area contributed by atoms with Gasteiger partial charge in [0.1, 0.15) is 15.8 Å². The Morgan fingerprint density at radius 2 is 1.88 bits per heavy atom. The molecule has 0 aromatic heterocycles. The summed E-state index contributed by atoms with van der Waals surface area (Å²) in [4.78, 5) is 24.4. The van der Waals surface area contributed by atoms with Gasteiger partial charge in [0, 0.05) is 0 Å². The van der Waals surface area contributed by atoms with Crippen molar-refractivity contribution in [2.75, 3.05) is 6.54 Å². The van der Waals surface area contributed by atoms with Gasteiger partial charge < -0.3 is 14.6 Å². The average molecular weight is 370 g/mol. The number of hydrogen-bond donors (Lipinski definition) is 0. The van der Waals surface area contributed by atoms with E-state index in [1.165, 1.54) is 0 Å². The predicted octanol–water partition coefficient (Wildman–Crippen LogP) is 2.43. The molecule has 1 heterocycles. The van der Waals surface area contributed by atoms with Crippen LogP contribution in [0, 0.1) is 0 Å². The first-order valence-electron chi connectivity index (χ1n) is 7.31. The quantitative estimate of drug-likeness (QED) is 0.595. The summed E-state index contributed by atoms with van der Waals surface area (Å²) < 4.78 is 5.97. The summed E-state index contributed by atoms with van der Waals surface area (Å²) in [5.74, 6) is -0.450. The molecule has 2 aromatic carbocycles. The van der Waals surface area contributed by atoms with E-state index in [0.717, 1.165) is 22.2 Å². The van der Waals surface area contributed by atoms with Gasteiger partial charge in [-0.15, -0.1) is 0 Å². The van der Waals surface area contributed by atoms with Gasteiger partial charge in [-0.25, -0.2) is 0 Å². The minimum atomic E-state index is -1.35. The highest BCUT2D eigenvalue weighted by atomic mass is 32.2. The number of nitrogens with zero attached hydrogens (tertiary/aromatic N) is 1. The molecule has 0 saturated carbocycles. The molecular formula is C18H12NO4S2-. The van der Waals surface area contributed by atoms with Crippen molar-refractivity contribution >= 4 is 46.3 Å². The number of carboxylic acids is 1. The molecule has 0 spiro atoms. The number of benzene rings is 2. The number of carbonyl (C=O) groups excluding carboxylic acids is 2. The highest BCUT2D eigenvalue weighted by Crippen LogP contribution is 2.33. The summed E-state index contributed by atoms with van der Waals surface area (Å²) in [5, 5.41) is 10.7. The first-order chi connectivity index (χ1) is 12.0. The topological polar surface area (TPSA) is 69.7 Å². The number of hydrogen-bond acceptors (Lipinski definition) is 6. The number of thioether (sulfide) groups is 1. The van der Waals surface area contributed by atoms with E-state index in [9.17, 15) is 14.7 Å². The lowest BCUT2D eigenvalue weighted by atomic mass is 10.2. The molecule has 3 rings (SSSR count). The Bertz CT molecular complexity index is 864. The fraction of sp³-hybridized carbons (Fsp3) is 0.0556. The van der Waals surface area contributed by atoms with E-state index in [1.807, 2.05) is 48.5 Å². The average Bonchev–Trinajstić information content (AvgIpc) is 2.83. The van der Waals surface area contributed by atoms with Crippen molar-refractivity contribution < 1.29 is 19.4 Å². The van der Waals surface area contributed by atoms with E-state index >= 15 is 0 Å². The van der Waals surface area contributed by atoms with Crippen LogP contribution in [0.3, 0.4) is 0 Å². The van der Waals surface area contributed by atoms with E-state index in [4.69, 9.17) is 17.0 Å². The molecule has 1 aliphatic rings. The number of para-hydroxylation sites is 1. The molecule has 0 aliphatic carbocycles. The molecule has 25 heavy (non-hydrogen) atoms. The largest absolute Gasteiger partial charge is 0.548 e. The molecule has 1 aliphatic heterocycles. The zero-order valence-corrected chi connectivity index (χ0v) is 14.5. The molecular weight excluding hydrogens is 358 g/mol. The Hall–Kier alpha value is -2.64. The van der Waals surface area contributed by atoms with Crippen LogP contribution in [0.15, 0.2) is 59.5 Å². The van der Waals surface area contributed by atoms with Crippen molar-refractivity contribution in [2.24, 2.45) is 0 Å². The summed E-state index contributed by atoms with van der Waals surface area (Å²) in [6.45, 7) is -0.542. The fourth-order valence-electron chi connectivity index (χ4n) is 2.21. The molecule has 1 amide bonds. The van der Waals surface area contributed by atoms with Crippen molar-refractivity contribution in [3.8, 4) is 11.5 Å². The fourth-order valence-corrected chi connectivity index (χ4v) is 3.46. The predicted molar refractivity (Wildman–Crippen MR) is 97.8 cm³/mol. The van der Waals surface area contributed by atoms with Crippen LogP contribution < -0.4 is 9.84 Å². The minimum absolute atomic E-state index is 0.206. The van der Waals surface area contributed by atoms with Gasteiger partial charge in [-0.3, -0.25) is 9.69 Å². The first-order valence-corrected chi connectivity index (χ1v) is 8.53. The van der Waals surface area contributed by atoms with E-state index in [2.05, 4.69) is 0 Å². The second-order valence-corrected chi connectivity index (χ2v) is 6.80. The number of ether oxygens (including phenoxy) is 1. The van der Waals surface area contributed by atoms with Crippen molar-refractivity contribution in [1.29, 1.82) is 0 Å². The van der Waals surface area contributed by atoms with Crippen LogP contribution in [0.1, 0.15) is 5.56 Å². The Balaban J connectivity index is 1.80. The second kappa shape index (κ2) is 7.50. The summed E-state index contributed by atoms with van der Waals surface area (Å²) in [5.41, 5.74) is 0.752. The van der Waals surface area contributed by atoms with Crippen LogP contribution in [0.2, 0.25) is 0 Å². The first kappa shape index (κ1) is 17.2. The Labute approximate surface area is 153 Å². The van der Waals surface area contributed by atoms with Gasteiger partial charge in [-0.2, -0.15) is 0 Å². The maximum Gasteiger partial charge on any atom is 0.266 e. The number of thiocarbonyl (C=S) groups is 1. The third-order valence-corrected chi connectivity index (χ3v) is 4.67. The summed E-state index contributed by atoms with van der Waals surface area (Å²) >= 11 is 6.12. The number of aliphatic carboxylic acids is 1. The van der Waals surface area contributed by atoms with E-state index in [1.54, 1.807) is 12.1 Å². The number of amides is 1. The maximum absolute atomic E-state index is 12.3. The summed E-state index contributed by atoms with van der Waals surface area (Å²) in [7, 11) is 0. The van der Waals surface area contributed by atoms with Crippen LogP contribution in [-0.2, 0) is 9.59 Å². The molecule has 1 fully saturated rings. The van der Waals surface area contributed by atoms with Gasteiger partial charge in [0.15, 0.2) is 0 Å². The van der Waals surface area contributed by atoms with E-state index in [0.29, 0.717) is 16.4 Å². The third kappa shape index (κ3) is 4.26. The molecule has 0 N–H and O–H groups in total. The lowest BCUT2D eigenvalue weighted by molar-refractivity contribution is -0.305. The van der Waals surface area contributed by atoms with Crippen LogP contribution in [0.5, 0.6) is 11.5 Å². The number of carbonyl (C=O) groups is 2. The molecule has 5 nitrogen and oxygen atoms in total. The minimum Gasteiger partial charge on any atom is -0.548 e. The van der Waals surface area contributed by atoms with Crippen molar-refractivity contribution in [2.45, 2.75) is 0 Å². The lowest BCUT2D eigenvalue weighted by Gasteiger charge is -2.14. The lowest BCUT2D eigenvalue weighted by Crippen LogP contribution is -2.40. The SMILES string of the molecule is O=C([O-])CN1C(=O)/C(=C\c2cccc(Oc3ccccc3)c2)SC1=S. The Morgan fingerprint density at radius 1 is 1.16 bits per heavy atom. The Kier molecular flexibility index (Phi) is 5.16. The smallest absolute Gasteiger partial charge is 0.266 e. The maximum atomic E-state index is 12.3. The van der Waals surface area contributed by atoms with Crippen molar-refractivity contribution in [1.82, 2.24) is 4.90 Å². The monoisotopic (exact) mass is 370 g/mol. The molecule has 0 unspecified atom stereocenters. The summed E-state index contributed by atoms with van der Waals surface area (Å²) in [6, 6.07) is 16.6. The van der Waals surface area contributed by atoms with Gasteiger partial charge in [-0.1, -0.05) is 54.3 Å². The zero-order valence-electron chi connectivity index (χ0n) is 12.9. The van der Waals surface area contributed by atoms with Crippen molar-refractivity contribution in [3.63, 3.8) is 0 Å². The van der Waals surface area contributed by atoms with E-state index in [-0.39, 0.29) is 4.32 Å². The second-order valence-electron chi connectivity index (χ2n) is 5.13. The highest BCUT2D eigenvalue weighted by Gasteiger charge is 2.31. The van der Waals surface area contributed by atoms with Gasteiger partial charge in [0.25, 0.3) is 5.91 Å². The van der Waals surface area contributed by atoms with Crippen LogP contribution >= 0.6 is 24.0 Å². The molecule has 7 heteroatoms.